The molecule has 1 aliphatic rings. The molecule has 1 fully saturated rings. The molecule has 0 aromatic heterocycles. The fraction of sp³-hybridized carbons (Fsp3) is 0.364. The van der Waals surface area contributed by atoms with Gasteiger partial charge in [-0.1, -0.05) is 48.0 Å². The van der Waals surface area contributed by atoms with E-state index < -0.39 is 6.04 Å². The van der Waals surface area contributed by atoms with E-state index in [0.717, 1.165) is 12.1 Å². The Balaban J connectivity index is 1.46. The van der Waals surface area contributed by atoms with E-state index in [4.69, 9.17) is 11.6 Å². The number of benzene rings is 2. The van der Waals surface area contributed by atoms with Crippen molar-refractivity contribution in [2.45, 2.75) is 38.9 Å². The third-order valence-corrected chi connectivity index (χ3v) is 5.28. The first-order chi connectivity index (χ1) is 13.5. The first kappa shape index (κ1) is 20.4. The predicted octanol–water partition coefficient (Wildman–Crippen LogP) is 3.37. The molecule has 0 radical (unpaired) electrons. The van der Waals surface area contributed by atoms with Crippen molar-refractivity contribution in [2.24, 2.45) is 0 Å². The van der Waals surface area contributed by atoms with Gasteiger partial charge in [-0.3, -0.25) is 14.5 Å². The molecule has 2 N–H and O–H groups in total. The molecule has 3 rings (SSSR count). The van der Waals surface area contributed by atoms with E-state index in [-0.39, 0.29) is 11.8 Å². The minimum atomic E-state index is -0.654. The van der Waals surface area contributed by atoms with Gasteiger partial charge in [-0.15, -0.1) is 0 Å². The van der Waals surface area contributed by atoms with Gasteiger partial charge in [0.25, 0.3) is 5.91 Å². The quantitative estimate of drug-likeness (QED) is 0.750. The number of nitrogens with one attached hydrogen (secondary N) is 2. The van der Waals surface area contributed by atoms with Crippen molar-refractivity contribution in [3.63, 3.8) is 0 Å². The largest absolute Gasteiger partial charge is 0.350 e. The van der Waals surface area contributed by atoms with Crippen LogP contribution in [0.1, 0.15) is 41.3 Å². The lowest BCUT2D eigenvalue weighted by molar-refractivity contribution is -0.122. The Hall–Kier alpha value is -2.37. The van der Waals surface area contributed by atoms with Gasteiger partial charge in [0.2, 0.25) is 5.91 Å². The molecule has 0 aliphatic carbocycles. The van der Waals surface area contributed by atoms with Gasteiger partial charge < -0.3 is 10.6 Å². The average molecular weight is 400 g/mol. The summed E-state index contributed by atoms with van der Waals surface area (Å²) in [6, 6.07) is 14.4. The number of halogens is 1. The maximum absolute atomic E-state index is 12.3. The molecule has 1 saturated heterocycles. The zero-order chi connectivity index (χ0) is 19.9. The van der Waals surface area contributed by atoms with Crippen LogP contribution in [0.5, 0.6) is 0 Å². The molecule has 0 spiro atoms. The zero-order valence-electron chi connectivity index (χ0n) is 16.1. The standard InChI is InChI=1S/C22H26ClN3O2/c1-16(25-22(28)19-6-2-3-7-20(19)23)21(27)24-14-17-8-10-18(11-9-17)15-26-12-4-5-13-26/h2-3,6-11,16H,4-5,12-15H2,1H3,(H,24,27)(H,25,28)/t16-/m0/s1. The van der Waals surface area contributed by atoms with Crippen molar-refractivity contribution < 1.29 is 9.59 Å². The second kappa shape index (κ2) is 9.71. The lowest BCUT2D eigenvalue weighted by Crippen LogP contribution is -2.44. The summed E-state index contributed by atoms with van der Waals surface area (Å²) in [5.74, 6) is -0.596. The molecule has 1 atom stereocenters. The molecule has 1 heterocycles. The second-order valence-electron chi connectivity index (χ2n) is 7.19. The molecule has 1 aliphatic heterocycles. The van der Waals surface area contributed by atoms with Crippen LogP contribution in [-0.2, 0) is 17.9 Å². The normalized spacial score (nSPS) is 15.2. The second-order valence-corrected chi connectivity index (χ2v) is 7.60. The summed E-state index contributed by atoms with van der Waals surface area (Å²) < 4.78 is 0. The van der Waals surface area contributed by atoms with E-state index >= 15 is 0 Å². The van der Waals surface area contributed by atoms with Crippen LogP contribution < -0.4 is 10.6 Å². The number of amides is 2. The van der Waals surface area contributed by atoms with E-state index in [1.165, 1.54) is 31.5 Å². The van der Waals surface area contributed by atoms with E-state index in [0.29, 0.717) is 17.1 Å². The van der Waals surface area contributed by atoms with Crippen LogP contribution in [0, 0.1) is 0 Å². The summed E-state index contributed by atoms with van der Waals surface area (Å²) in [4.78, 5) is 27.0. The van der Waals surface area contributed by atoms with Crippen LogP contribution in [0.2, 0.25) is 5.02 Å². The van der Waals surface area contributed by atoms with Crippen LogP contribution in [0.4, 0.5) is 0 Å². The molecular formula is C22H26ClN3O2. The van der Waals surface area contributed by atoms with Crippen molar-refractivity contribution in [3.05, 3.63) is 70.2 Å². The van der Waals surface area contributed by atoms with Gasteiger partial charge in [-0.05, 0) is 56.1 Å². The molecule has 0 unspecified atom stereocenters. The third-order valence-electron chi connectivity index (χ3n) is 4.95. The van der Waals surface area contributed by atoms with E-state index in [1.807, 2.05) is 12.1 Å². The van der Waals surface area contributed by atoms with E-state index in [2.05, 4.69) is 27.7 Å². The van der Waals surface area contributed by atoms with Gasteiger partial charge in [0.1, 0.15) is 6.04 Å². The molecule has 5 nitrogen and oxygen atoms in total. The summed E-state index contributed by atoms with van der Waals surface area (Å²) in [6.07, 6.45) is 2.57. The minimum Gasteiger partial charge on any atom is -0.350 e. The third kappa shape index (κ3) is 5.57. The number of carbonyl (C=O) groups is 2. The Morgan fingerprint density at radius 3 is 2.36 bits per heavy atom. The number of hydrogen-bond donors (Lipinski definition) is 2. The fourth-order valence-corrected chi connectivity index (χ4v) is 3.51. The average Bonchev–Trinajstić information content (AvgIpc) is 3.20. The van der Waals surface area contributed by atoms with Crippen molar-refractivity contribution in [1.29, 1.82) is 0 Å². The molecule has 6 heteroatoms. The number of hydrogen-bond acceptors (Lipinski definition) is 3. The maximum atomic E-state index is 12.3. The van der Waals surface area contributed by atoms with Crippen LogP contribution in [0.3, 0.4) is 0 Å². The number of likely N-dealkylation sites (tertiary alicyclic amines) is 1. The molecule has 0 saturated carbocycles. The van der Waals surface area contributed by atoms with Crippen LogP contribution in [0.15, 0.2) is 48.5 Å². The monoisotopic (exact) mass is 399 g/mol. The Labute approximate surface area is 171 Å². The summed E-state index contributed by atoms with van der Waals surface area (Å²) in [7, 11) is 0. The molecule has 148 valence electrons. The highest BCUT2D eigenvalue weighted by Crippen LogP contribution is 2.15. The highest BCUT2D eigenvalue weighted by molar-refractivity contribution is 6.33. The SMILES string of the molecule is C[C@H](NC(=O)c1ccccc1Cl)C(=O)NCc1ccc(CN2CCCC2)cc1. The van der Waals surface area contributed by atoms with Crippen molar-refractivity contribution in [2.75, 3.05) is 13.1 Å². The van der Waals surface area contributed by atoms with E-state index in [1.54, 1.807) is 31.2 Å². The highest BCUT2D eigenvalue weighted by Gasteiger charge is 2.18. The summed E-state index contributed by atoms with van der Waals surface area (Å²) in [6.45, 7) is 5.42. The number of nitrogens with zero attached hydrogens (tertiary/aromatic N) is 1. The molecule has 28 heavy (non-hydrogen) atoms. The Kier molecular flexibility index (Phi) is 7.06. The van der Waals surface area contributed by atoms with Gasteiger partial charge in [0.15, 0.2) is 0 Å². The summed E-state index contributed by atoms with van der Waals surface area (Å²) >= 11 is 6.03. The molecule has 0 bridgehead atoms. The lowest BCUT2D eigenvalue weighted by atomic mass is 10.1. The van der Waals surface area contributed by atoms with Crippen LogP contribution in [0.25, 0.3) is 0 Å². The first-order valence-electron chi connectivity index (χ1n) is 9.66. The lowest BCUT2D eigenvalue weighted by Gasteiger charge is -2.16. The number of carbonyl (C=O) groups excluding carboxylic acids is 2. The molecular weight excluding hydrogens is 374 g/mol. The van der Waals surface area contributed by atoms with Crippen molar-refractivity contribution in [3.8, 4) is 0 Å². The fourth-order valence-electron chi connectivity index (χ4n) is 3.29. The van der Waals surface area contributed by atoms with Gasteiger partial charge in [-0.2, -0.15) is 0 Å². The zero-order valence-corrected chi connectivity index (χ0v) is 16.8. The molecule has 2 aromatic carbocycles. The maximum Gasteiger partial charge on any atom is 0.253 e. The Morgan fingerprint density at radius 2 is 1.68 bits per heavy atom. The van der Waals surface area contributed by atoms with E-state index in [9.17, 15) is 9.59 Å². The van der Waals surface area contributed by atoms with Gasteiger partial charge in [0, 0.05) is 13.1 Å². The van der Waals surface area contributed by atoms with Gasteiger partial charge >= 0.3 is 0 Å². The van der Waals surface area contributed by atoms with Crippen molar-refractivity contribution in [1.82, 2.24) is 15.5 Å². The molecule has 2 amide bonds. The predicted molar refractivity (Wildman–Crippen MR) is 111 cm³/mol. The smallest absolute Gasteiger partial charge is 0.253 e. The Morgan fingerprint density at radius 1 is 1.04 bits per heavy atom. The first-order valence-corrected chi connectivity index (χ1v) is 10.0. The number of rotatable bonds is 7. The van der Waals surface area contributed by atoms with Gasteiger partial charge in [0.05, 0.1) is 10.6 Å². The summed E-state index contributed by atoms with van der Waals surface area (Å²) in [5, 5.41) is 5.91. The minimum absolute atomic E-state index is 0.235. The van der Waals surface area contributed by atoms with Crippen LogP contribution >= 0.6 is 11.6 Å². The van der Waals surface area contributed by atoms with Crippen LogP contribution in [-0.4, -0.2) is 35.8 Å². The van der Waals surface area contributed by atoms with Crippen molar-refractivity contribution >= 4 is 23.4 Å². The Bertz CT molecular complexity index is 817. The summed E-state index contributed by atoms with van der Waals surface area (Å²) in [5.41, 5.74) is 2.68. The van der Waals surface area contributed by atoms with Gasteiger partial charge in [-0.25, -0.2) is 0 Å². The molecule has 2 aromatic rings. The highest BCUT2D eigenvalue weighted by atomic mass is 35.5. The topological polar surface area (TPSA) is 61.4 Å².